The molecule has 0 radical (unpaired) electrons. The van der Waals surface area contributed by atoms with Crippen molar-refractivity contribution in [3.05, 3.63) is 86.0 Å². The number of sulfonamides is 2. The number of piperidine rings is 2. The van der Waals surface area contributed by atoms with Gasteiger partial charge in [0.25, 0.3) is 31.9 Å². The lowest BCUT2D eigenvalue weighted by atomic mass is 9.85. The third-order valence-corrected chi connectivity index (χ3v) is 24.4. The van der Waals surface area contributed by atoms with Crippen molar-refractivity contribution in [2.24, 2.45) is 85.8 Å². The number of alkyl carbamates (subject to hydrolysis) is 1. The fourth-order valence-electron chi connectivity index (χ4n) is 14.8. The minimum Gasteiger partial charge on any atom is -0.444 e. The SMILES string of the molecule is C=CC1C[C@]1(NC(=O)[C@@H]1[C@@H]2[C@H](CN1C(=O)[C@@H](NC(=O)N[C@H](C(=O)C1CC1)C(C)C)C(C)(C)C)C2(C)C)C(=O)NS(=O)(=O)c1ccccc1.C=CC1C[C@]1(NC(=O)[C@@H]1[C@@H]2[C@H](CN1C(=O)[C@@H](NC(=O)OC(C)(C)C)C(C)(C)C)C2(C)C)C(=O)NS(=O)(=O)c1ccccc1.CC(C)[C@H](N=C=O)C(=O)C1CC1. The van der Waals surface area contributed by atoms with Crippen molar-refractivity contribution in [3.63, 3.8) is 0 Å². The number of hydrogen-bond acceptors (Lipinski definition) is 17. The Kier molecular flexibility index (Phi) is 23.0. The Morgan fingerprint density at radius 2 is 0.951 bits per heavy atom. The van der Waals surface area contributed by atoms with E-state index in [1.54, 1.807) is 57.2 Å². The molecule has 6 saturated carbocycles. The topological polar surface area (TPSA) is 368 Å². The molecular formula is C75H106N10O16S2. The van der Waals surface area contributed by atoms with E-state index in [-0.39, 0.29) is 98.9 Å². The van der Waals surface area contributed by atoms with Gasteiger partial charge >= 0.3 is 12.1 Å². The van der Waals surface area contributed by atoms with Crippen LogP contribution in [0.2, 0.25) is 0 Å². The lowest BCUT2D eigenvalue weighted by molar-refractivity contribution is -0.144. The number of Topliss-reactive ketones (excluding diaryl/α,β-unsaturated/α-hetero) is 2. The van der Waals surface area contributed by atoms with Crippen LogP contribution in [0.1, 0.15) is 156 Å². The summed E-state index contributed by atoms with van der Waals surface area (Å²) in [5.74, 6) is -4.83. The van der Waals surface area contributed by atoms with Crippen molar-refractivity contribution in [2.75, 3.05) is 13.1 Å². The minimum absolute atomic E-state index is 0.00942. The van der Waals surface area contributed by atoms with Crippen LogP contribution < -0.4 is 36.0 Å². The van der Waals surface area contributed by atoms with Crippen molar-refractivity contribution < 1.29 is 74.3 Å². The minimum atomic E-state index is -4.21. The molecule has 2 heterocycles. The first kappa shape index (κ1) is 80.6. The van der Waals surface area contributed by atoms with Crippen LogP contribution in [0.4, 0.5) is 9.59 Å². The lowest BCUT2D eigenvalue weighted by Gasteiger charge is -2.38. The maximum Gasteiger partial charge on any atom is 0.408 e. The molecule has 0 bridgehead atoms. The van der Waals surface area contributed by atoms with Crippen LogP contribution in [0.5, 0.6) is 0 Å². The molecule has 6 aliphatic carbocycles. The summed E-state index contributed by atoms with van der Waals surface area (Å²) < 4.78 is 61.5. The Hall–Kier alpha value is -8.10. The normalized spacial score (nSPS) is 27.1. The number of carbonyl (C=O) groups is 10. The highest BCUT2D eigenvalue weighted by Gasteiger charge is 2.73. The standard InChI is InChI=1S/C35H49N5O7S.C31H44N4O7S.C9H13NO2/c1-9-21-17-35(21,31(44)39-48(46,47)22-13-11-10-12-14-22)38-29(42)26-24-23(34(24,7)8)18-40(26)30(43)28(33(4,5)6)37-32(45)36-25(19(2)3)27(41)20-15-16-20;1-10-18-16-31(18,26(38)34-43(40,41)19-14-12-11-13-15-19)33-24(36)22-21-20(30(21,8)9)17-35(22)25(37)23(28(2,3)4)32-27(39)42-29(5,6)7;1-6(2)8(10-5-11)9(12)7-3-4-7/h9-14,19-21,23-26,28H,1,15-18H2,2-8H3,(H,38,42)(H,39,44)(H2,36,37,45);10-15,18,20-23H,1,16-17H2,2-9H3,(H,32,39)(H,33,36)(H,34,38);6-8H,3-4H2,1-2H3/t21?,23-,24-,25-,26-,28+,35+;18?,20-,21-,22-,23+,31+;8-/m000/s1. The molecule has 28 heteroatoms. The molecule has 564 valence electrons. The number of amides is 9. The Morgan fingerprint density at radius 3 is 1.27 bits per heavy atom. The molecule has 8 fully saturated rings. The Bertz CT molecular complexity index is 3960. The molecule has 7 N–H and O–H groups in total. The fraction of sp³-hybridized carbons (Fsp3) is 0.640. The van der Waals surface area contributed by atoms with Crippen LogP contribution in [0.15, 0.2) is 101 Å². The van der Waals surface area contributed by atoms with Gasteiger partial charge in [0.15, 0.2) is 11.6 Å². The van der Waals surface area contributed by atoms with Gasteiger partial charge in [-0.05, 0) is 141 Å². The number of isocyanates is 1. The van der Waals surface area contributed by atoms with Crippen LogP contribution >= 0.6 is 0 Å². The van der Waals surface area contributed by atoms with Crippen LogP contribution in [0, 0.1) is 80.8 Å². The van der Waals surface area contributed by atoms with Crippen molar-refractivity contribution in [1.29, 1.82) is 0 Å². The van der Waals surface area contributed by atoms with Crippen molar-refractivity contribution >= 4 is 85.3 Å². The molecule has 2 unspecified atom stereocenters. The number of aliphatic imine (C=N–C) groups is 1. The van der Waals surface area contributed by atoms with Gasteiger partial charge in [-0.3, -0.25) is 38.4 Å². The van der Waals surface area contributed by atoms with E-state index in [0.717, 1.165) is 25.7 Å². The van der Waals surface area contributed by atoms with E-state index in [9.17, 15) is 69.6 Å². The number of nitrogens with zero attached hydrogens (tertiary/aromatic N) is 3. The van der Waals surface area contributed by atoms with Gasteiger partial charge < -0.3 is 41.1 Å². The van der Waals surface area contributed by atoms with Gasteiger partial charge in [0.2, 0.25) is 29.7 Å². The number of urea groups is 1. The predicted molar refractivity (Wildman–Crippen MR) is 383 cm³/mol. The first-order valence-corrected chi connectivity index (χ1v) is 38.5. The van der Waals surface area contributed by atoms with Crippen molar-refractivity contribution in [1.82, 2.24) is 45.8 Å². The van der Waals surface area contributed by atoms with Crippen LogP contribution in [-0.4, -0.2) is 158 Å². The number of likely N-dealkylation sites (tertiary alicyclic amines) is 2. The predicted octanol–water partition coefficient (Wildman–Crippen LogP) is 7.05. The van der Waals surface area contributed by atoms with Gasteiger partial charge in [0.1, 0.15) is 46.9 Å². The first-order chi connectivity index (χ1) is 47.6. The second-order valence-electron chi connectivity index (χ2n) is 34.1. The first-order valence-electron chi connectivity index (χ1n) is 35.5. The highest BCUT2D eigenvalue weighted by atomic mass is 32.2. The van der Waals surface area contributed by atoms with Gasteiger partial charge in [-0.2, -0.15) is 4.99 Å². The fourth-order valence-corrected chi connectivity index (χ4v) is 16.9. The second-order valence-corrected chi connectivity index (χ2v) is 37.5. The Balaban J connectivity index is 0.000000225. The number of ketones is 2. The quantitative estimate of drug-likeness (QED) is 0.0314. The monoisotopic (exact) mass is 1470 g/mol. The average molecular weight is 1470 g/mol. The number of hydrogen-bond donors (Lipinski definition) is 7. The molecule has 2 aromatic rings. The number of nitrogens with one attached hydrogen (secondary N) is 7. The smallest absolute Gasteiger partial charge is 0.408 e. The molecule has 103 heavy (non-hydrogen) atoms. The molecule has 26 nitrogen and oxygen atoms in total. The molecule has 0 spiro atoms. The van der Waals surface area contributed by atoms with Gasteiger partial charge in [-0.1, -0.05) is 145 Å². The number of fused-ring (bicyclic) bond motifs is 2. The molecule has 2 saturated heterocycles. The molecule has 2 aliphatic heterocycles. The number of ether oxygens (including phenoxy) is 1. The maximum atomic E-state index is 14.3. The maximum absolute atomic E-state index is 14.3. The van der Waals surface area contributed by atoms with Gasteiger partial charge in [-0.25, -0.2) is 40.7 Å². The largest absolute Gasteiger partial charge is 0.444 e. The van der Waals surface area contributed by atoms with Crippen LogP contribution in [0.25, 0.3) is 0 Å². The molecule has 2 aromatic carbocycles. The van der Waals surface area contributed by atoms with Crippen LogP contribution in [0.3, 0.4) is 0 Å². The van der Waals surface area contributed by atoms with E-state index in [2.05, 4.69) is 54.2 Å². The molecule has 0 aromatic heterocycles. The summed E-state index contributed by atoms with van der Waals surface area (Å²) in [5, 5.41) is 14.0. The summed E-state index contributed by atoms with van der Waals surface area (Å²) in [5.41, 5.74) is -5.79. The summed E-state index contributed by atoms with van der Waals surface area (Å²) in [6.45, 7) is 39.8. The second kappa shape index (κ2) is 29.4. The number of rotatable bonds is 24. The van der Waals surface area contributed by atoms with E-state index < -0.39 is 143 Å². The van der Waals surface area contributed by atoms with Gasteiger partial charge in [0, 0.05) is 36.8 Å². The zero-order chi connectivity index (χ0) is 77.0. The Labute approximate surface area is 606 Å². The lowest BCUT2D eigenvalue weighted by Crippen LogP contribution is -2.63. The zero-order valence-electron chi connectivity index (χ0n) is 62.4. The number of benzene rings is 2. The molecular weight excluding hydrogens is 1360 g/mol. The summed E-state index contributed by atoms with van der Waals surface area (Å²) in [7, 11) is -8.40. The van der Waals surface area contributed by atoms with Crippen molar-refractivity contribution in [3.8, 4) is 0 Å². The van der Waals surface area contributed by atoms with E-state index in [1.807, 2.05) is 96.9 Å². The summed E-state index contributed by atoms with van der Waals surface area (Å²) in [6, 6.07) is 9.29. The van der Waals surface area contributed by atoms with E-state index in [4.69, 9.17) is 4.74 Å². The van der Waals surface area contributed by atoms with E-state index in [1.165, 1.54) is 52.3 Å². The molecule has 14 atom stereocenters. The summed E-state index contributed by atoms with van der Waals surface area (Å²) in [4.78, 5) is 150. The van der Waals surface area contributed by atoms with Gasteiger partial charge in [-0.15, -0.1) is 13.2 Å². The van der Waals surface area contributed by atoms with E-state index >= 15 is 0 Å². The summed E-state index contributed by atoms with van der Waals surface area (Å²) >= 11 is 0. The highest BCUT2D eigenvalue weighted by Crippen LogP contribution is 2.66. The average Bonchev–Trinajstić information content (AvgIpc) is 1.52. The van der Waals surface area contributed by atoms with E-state index in [0.29, 0.717) is 6.54 Å². The molecule has 9 amide bonds. The Morgan fingerprint density at radius 1 is 0.573 bits per heavy atom. The molecule has 10 rings (SSSR count). The summed E-state index contributed by atoms with van der Waals surface area (Å²) in [6.07, 6.45) is 7.62. The van der Waals surface area contributed by atoms with Gasteiger partial charge in [0.05, 0.1) is 15.8 Å². The zero-order valence-corrected chi connectivity index (χ0v) is 64.1. The third-order valence-electron chi connectivity index (χ3n) is 21.7. The molecule has 8 aliphatic rings. The van der Waals surface area contributed by atoms with Crippen molar-refractivity contribution in [2.45, 2.75) is 219 Å². The number of carbonyl (C=O) groups excluding carboxylic acids is 11. The third kappa shape index (κ3) is 17.7. The van der Waals surface area contributed by atoms with Crippen LogP contribution in [-0.2, 0) is 67.9 Å². The highest BCUT2D eigenvalue weighted by molar-refractivity contribution is 7.90.